The molecule has 1 aromatic carbocycles. The highest BCUT2D eigenvalue weighted by atomic mass is 16.2. The zero-order chi connectivity index (χ0) is 17.6. The van der Waals surface area contributed by atoms with Crippen LogP contribution in [0.4, 0.5) is 11.6 Å². The van der Waals surface area contributed by atoms with Gasteiger partial charge in [0.1, 0.15) is 0 Å². The molecule has 0 radical (unpaired) electrons. The van der Waals surface area contributed by atoms with Gasteiger partial charge < -0.3 is 15.1 Å². The molecule has 1 aliphatic rings. The van der Waals surface area contributed by atoms with E-state index in [1.807, 2.05) is 11.0 Å². The Bertz CT molecular complexity index is 691. The van der Waals surface area contributed by atoms with E-state index in [0.29, 0.717) is 13.0 Å². The summed E-state index contributed by atoms with van der Waals surface area (Å²) in [6.45, 7) is 7.82. The molecule has 1 N–H and O–H groups in total. The second-order valence-corrected chi connectivity index (χ2v) is 6.47. The summed E-state index contributed by atoms with van der Waals surface area (Å²) >= 11 is 0. The van der Waals surface area contributed by atoms with Crippen molar-refractivity contribution in [2.45, 2.75) is 20.3 Å². The third-order valence-electron chi connectivity index (χ3n) is 4.36. The van der Waals surface area contributed by atoms with Crippen LogP contribution in [0.15, 0.2) is 36.7 Å². The van der Waals surface area contributed by atoms with E-state index in [1.165, 1.54) is 11.1 Å². The Morgan fingerprint density at radius 1 is 1.04 bits per heavy atom. The fraction of sp³-hybridized carbons (Fsp3) is 0.421. The van der Waals surface area contributed by atoms with E-state index in [1.54, 1.807) is 12.4 Å². The fourth-order valence-electron chi connectivity index (χ4n) is 3.16. The van der Waals surface area contributed by atoms with Crippen LogP contribution in [-0.4, -0.2) is 53.5 Å². The van der Waals surface area contributed by atoms with Crippen LogP contribution in [0, 0.1) is 13.8 Å². The summed E-state index contributed by atoms with van der Waals surface area (Å²) in [6, 6.07) is 8.17. The van der Waals surface area contributed by atoms with Gasteiger partial charge in [0.05, 0.1) is 0 Å². The van der Waals surface area contributed by atoms with Crippen molar-refractivity contribution in [2.24, 2.45) is 0 Å². The number of aromatic nitrogens is 2. The monoisotopic (exact) mass is 339 g/mol. The summed E-state index contributed by atoms with van der Waals surface area (Å²) in [5.41, 5.74) is 3.54. The van der Waals surface area contributed by atoms with Gasteiger partial charge >= 0.3 is 0 Å². The molecule has 2 aromatic rings. The number of hydrogen-bond acceptors (Lipinski definition) is 5. The molecular formula is C19H25N5O. The minimum absolute atomic E-state index is 0.200. The standard InChI is InChI=1S/C19H25N5O/c1-15-12-16(2)14-17(13-15)20-7-4-18(25)23-8-10-24(11-9-23)19-21-5-3-6-22-19/h3,5-6,12-14,20H,4,7-11H2,1-2H3. The number of carbonyl (C=O) groups is 1. The van der Waals surface area contributed by atoms with E-state index >= 15 is 0 Å². The number of benzene rings is 1. The van der Waals surface area contributed by atoms with Crippen LogP contribution in [0.1, 0.15) is 17.5 Å². The van der Waals surface area contributed by atoms with Crippen molar-refractivity contribution in [1.29, 1.82) is 0 Å². The molecule has 0 unspecified atom stereocenters. The Kier molecular flexibility index (Phi) is 5.48. The first kappa shape index (κ1) is 17.2. The number of carbonyl (C=O) groups excluding carboxylic acids is 1. The molecule has 1 aromatic heterocycles. The number of piperazine rings is 1. The fourth-order valence-corrected chi connectivity index (χ4v) is 3.16. The third-order valence-corrected chi connectivity index (χ3v) is 4.36. The van der Waals surface area contributed by atoms with Crippen LogP contribution in [0.2, 0.25) is 0 Å². The molecule has 1 amide bonds. The van der Waals surface area contributed by atoms with Crippen LogP contribution in [-0.2, 0) is 4.79 Å². The Morgan fingerprint density at radius 3 is 2.32 bits per heavy atom. The van der Waals surface area contributed by atoms with Gasteiger partial charge in [0.2, 0.25) is 11.9 Å². The molecular weight excluding hydrogens is 314 g/mol. The lowest BCUT2D eigenvalue weighted by Gasteiger charge is -2.34. The molecule has 1 fully saturated rings. The van der Waals surface area contributed by atoms with Gasteiger partial charge in [0, 0.05) is 57.2 Å². The number of hydrogen-bond donors (Lipinski definition) is 1. The molecule has 6 nitrogen and oxygen atoms in total. The Morgan fingerprint density at radius 2 is 1.68 bits per heavy atom. The molecule has 132 valence electrons. The summed E-state index contributed by atoms with van der Waals surface area (Å²) in [7, 11) is 0. The van der Waals surface area contributed by atoms with E-state index in [9.17, 15) is 4.79 Å². The summed E-state index contributed by atoms with van der Waals surface area (Å²) in [5.74, 6) is 0.941. The summed E-state index contributed by atoms with van der Waals surface area (Å²) < 4.78 is 0. The van der Waals surface area contributed by atoms with Crippen LogP contribution in [0.3, 0.4) is 0 Å². The number of amides is 1. The van der Waals surface area contributed by atoms with E-state index in [-0.39, 0.29) is 5.91 Å². The van der Waals surface area contributed by atoms with Crippen molar-refractivity contribution in [1.82, 2.24) is 14.9 Å². The van der Waals surface area contributed by atoms with E-state index < -0.39 is 0 Å². The van der Waals surface area contributed by atoms with Crippen molar-refractivity contribution in [2.75, 3.05) is 42.9 Å². The maximum absolute atomic E-state index is 12.4. The van der Waals surface area contributed by atoms with E-state index in [0.717, 1.165) is 37.8 Å². The highest BCUT2D eigenvalue weighted by Crippen LogP contribution is 2.14. The number of aryl methyl sites for hydroxylation is 2. The molecule has 1 aliphatic heterocycles. The molecule has 25 heavy (non-hydrogen) atoms. The molecule has 0 bridgehead atoms. The number of rotatable bonds is 5. The first-order chi connectivity index (χ1) is 12.1. The average molecular weight is 339 g/mol. The van der Waals surface area contributed by atoms with Crippen LogP contribution in [0.5, 0.6) is 0 Å². The number of anilines is 2. The van der Waals surface area contributed by atoms with Crippen molar-refractivity contribution < 1.29 is 4.79 Å². The molecule has 2 heterocycles. The minimum Gasteiger partial charge on any atom is -0.385 e. The highest BCUT2D eigenvalue weighted by molar-refractivity contribution is 5.77. The van der Waals surface area contributed by atoms with Crippen molar-refractivity contribution in [3.8, 4) is 0 Å². The Hall–Kier alpha value is -2.63. The van der Waals surface area contributed by atoms with E-state index in [2.05, 4.69) is 52.2 Å². The number of nitrogens with one attached hydrogen (secondary N) is 1. The van der Waals surface area contributed by atoms with Gasteiger partial charge in [-0.3, -0.25) is 4.79 Å². The molecule has 0 aliphatic carbocycles. The Balaban J connectivity index is 1.43. The largest absolute Gasteiger partial charge is 0.385 e. The average Bonchev–Trinajstić information content (AvgIpc) is 2.62. The first-order valence-electron chi connectivity index (χ1n) is 8.74. The zero-order valence-corrected chi connectivity index (χ0v) is 14.9. The topological polar surface area (TPSA) is 61.4 Å². The Labute approximate surface area is 148 Å². The van der Waals surface area contributed by atoms with Gasteiger partial charge in [0.25, 0.3) is 0 Å². The maximum Gasteiger partial charge on any atom is 0.225 e. The minimum atomic E-state index is 0.200. The number of nitrogens with zero attached hydrogens (tertiary/aromatic N) is 4. The van der Waals surface area contributed by atoms with Crippen LogP contribution >= 0.6 is 0 Å². The molecule has 6 heteroatoms. The highest BCUT2D eigenvalue weighted by Gasteiger charge is 2.21. The second-order valence-electron chi connectivity index (χ2n) is 6.47. The molecule has 0 spiro atoms. The lowest BCUT2D eigenvalue weighted by Crippen LogP contribution is -2.49. The van der Waals surface area contributed by atoms with Gasteiger partial charge in [-0.15, -0.1) is 0 Å². The van der Waals surface area contributed by atoms with Crippen LogP contribution < -0.4 is 10.2 Å². The zero-order valence-electron chi connectivity index (χ0n) is 14.9. The van der Waals surface area contributed by atoms with Crippen molar-refractivity contribution in [3.63, 3.8) is 0 Å². The van der Waals surface area contributed by atoms with Crippen LogP contribution in [0.25, 0.3) is 0 Å². The lowest BCUT2D eigenvalue weighted by atomic mass is 10.1. The smallest absolute Gasteiger partial charge is 0.225 e. The van der Waals surface area contributed by atoms with Gasteiger partial charge in [0.15, 0.2) is 0 Å². The predicted molar refractivity (Wildman–Crippen MR) is 99.8 cm³/mol. The van der Waals surface area contributed by atoms with Gasteiger partial charge in [-0.1, -0.05) is 6.07 Å². The molecule has 0 atom stereocenters. The van der Waals surface area contributed by atoms with Crippen molar-refractivity contribution in [3.05, 3.63) is 47.8 Å². The third kappa shape index (κ3) is 4.68. The van der Waals surface area contributed by atoms with Gasteiger partial charge in [-0.2, -0.15) is 0 Å². The first-order valence-corrected chi connectivity index (χ1v) is 8.74. The van der Waals surface area contributed by atoms with E-state index in [4.69, 9.17) is 0 Å². The SMILES string of the molecule is Cc1cc(C)cc(NCCC(=O)N2CCN(c3ncccn3)CC2)c1. The molecule has 0 saturated carbocycles. The van der Waals surface area contributed by atoms with Gasteiger partial charge in [-0.25, -0.2) is 9.97 Å². The normalized spacial score (nSPS) is 14.5. The maximum atomic E-state index is 12.4. The van der Waals surface area contributed by atoms with Gasteiger partial charge in [-0.05, 0) is 43.2 Å². The summed E-state index contributed by atoms with van der Waals surface area (Å²) in [4.78, 5) is 25.0. The summed E-state index contributed by atoms with van der Waals surface area (Å²) in [6.07, 6.45) is 4.01. The predicted octanol–water partition coefficient (Wildman–Crippen LogP) is 2.24. The molecule has 1 saturated heterocycles. The summed E-state index contributed by atoms with van der Waals surface area (Å²) in [5, 5.41) is 3.35. The quantitative estimate of drug-likeness (QED) is 0.905. The molecule has 3 rings (SSSR count). The van der Waals surface area contributed by atoms with Crippen molar-refractivity contribution >= 4 is 17.5 Å². The second kappa shape index (κ2) is 7.96. The lowest BCUT2D eigenvalue weighted by molar-refractivity contribution is -0.131.